The highest BCUT2D eigenvalue weighted by atomic mass is 35.5. The van der Waals surface area contributed by atoms with Crippen molar-refractivity contribution >= 4 is 52.2 Å². The van der Waals surface area contributed by atoms with Crippen molar-refractivity contribution in [1.82, 2.24) is 4.57 Å². The Balaban J connectivity index is 0.00000370. The van der Waals surface area contributed by atoms with E-state index in [0.29, 0.717) is 33.0 Å². The Morgan fingerprint density at radius 2 is 1.77 bits per heavy atom. The molecule has 40 heavy (non-hydrogen) atoms. The standard InChI is InChI=1S/C31H31N3O4S.ClH/c1-6-37-25-17-14-20-10-8-9-11-23(20)24(25)18-26-29(35)34-28(21-12-15-22(16-13-21)33(4)5)27(30(36)38-7-2)19(3)32-31(34)39-26;/h8-18,28H,6-7H2,1-5H3;1H. The molecule has 0 fully saturated rings. The molecule has 1 aromatic heterocycles. The number of nitrogens with zero attached hydrogens (tertiary/aromatic N) is 3. The van der Waals surface area contributed by atoms with Crippen molar-refractivity contribution in [3.05, 3.63) is 103 Å². The lowest BCUT2D eigenvalue weighted by molar-refractivity contribution is -0.139. The fraction of sp³-hybridized carbons (Fsp3) is 0.258. The third-order valence-corrected chi connectivity index (χ3v) is 7.73. The maximum atomic E-state index is 14.1. The monoisotopic (exact) mass is 577 g/mol. The molecule has 1 aliphatic heterocycles. The van der Waals surface area contributed by atoms with E-state index in [2.05, 4.69) is 0 Å². The Bertz CT molecular complexity index is 1770. The van der Waals surface area contributed by atoms with Crippen molar-refractivity contribution in [2.75, 3.05) is 32.2 Å². The number of esters is 1. The molecule has 0 bridgehead atoms. The molecule has 7 nitrogen and oxygen atoms in total. The average molecular weight is 578 g/mol. The minimum absolute atomic E-state index is 0. The van der Waals surface area contributed by atoms with Crippen molar-refractivity contribution in [2.24, 2.45) is 4.99 Å². The first kappa shape index (κ1) is 29.1. The van der Waals surface area contributed by atoms with Gasteiger partial charge in [-0.3, -0.25) is 9.36 Å². The summed E-state index contributed by atoms with van der Waals surface area (Å²) in [4.78, 5) is 34.5. The summed E-state index contributed by atoms with van der Waals surface area (Å²) in [6.07, 6.45) is 1.88. The number of hydrogen-bond donors (Lipinski definition) is 0. The predicted octanol–water partition coefficient (Wildman–Crippen LogP) is 4.84. The summed E-state index contributed by atoms with van der Waals surface area (Å²) in [6.45, 7) is 6.24. The largest absolute Gasteiger partial charge is 0.493 e. The van der Waals surface area contributed by atoms with Crippen LogP contribution in [0.15, 0.2) is 81.7 Å². The Hall–Kier alpha value is -3.88. The van der Waals surface area contributed by atoms with Gasteiger partial charge in [0.25, 0.3) is 5.56 Å². The van der Waals surface area contributed by atoms with Crippen molar-refractivity contribution < 1.29 is 14.3 Å². The van der Waals surface area contributed by atoms with Crippen LogP contribution in [-0.4, -0.2) is 37.8 Å². The molecule has 1 aliphatic rings. The third-order valence-electron chi connectivity index (χ3n) is 6.75. The smallest absolute Gasteiger partial charge is 0.338 e. The van der Waals surface area contributed by atoms with Crippen LogP contribution < -0.4 is 24.5 Å². The Morgan fingerprint density at radius 1 is 1.05 bits per heavy atom. The Morgan fingerprint density at radius 3 is 2.45 bits per heavy atom. The quantitative estimate of drug-likeness (QED) is 0.294. The second kappa shape index (κ2) is 12.1. The number of fused-ring (bicyclic) bond motifs is 2. The maximum Gasteiger partial charge on any atom is 0.338 e. The molecule has 0 spiro atoms. The highest BCUT2D eigenvalue weighted by Crippen LogP contribution is 2.32. The molecule has 1 unspecified atom stereocenters. The van der Waals surface area contributed by atoms with Crippen molar-refractivity contribution in [3.8, 4) is 5.75 Å². The number of halogens is 1. The predicted molar refractivity (Wildman–Crippen MR) is 164 cm³/mol. The zero-order valence-corrected chi connectivity index (χ0v) is 24.8. The third kappa shape index (κ3) is 5.29. The van der Waals surface area contributed by atoms with Gasteiger partial charge in [-0.25, -0.2) is 9.79 Å². The summed E-state index contributed by atoms with van der Waals surface area (Å²) in [5.41, 5.74) is 3.37. The SMILES string of the molecule is CCOC(=O)C1=C(C)N=c2sc(=Cc3c(OCC)ccc4ccccc34)c(=O)n2C1c1ccc(N(C)C)cc1.Cl. The highest BCUT2D eigenvalue weighted by molar-refractivity contribution is 7.07. The van der Waals surface area contributed by atoms with Crippen LogP contribution in [0, 0.1) is 0 Å². The first-order valence-corrected chi connectivity index (χ1v) is 13.8. The summed E-state index contributed by atoms with van der Waals surface area (Å²) in [6, 6.07) is 19.2. The molecule has 0 saturated carbocycles. The fourth-order valence-electron chi connectivity index (χ4n) is 4.90. The van der Waals surface area contributed by atoms with Crippen LogP contribution in [0.1, 0.15) is 37.9 Å². The van der Waals surface area contributed by atoms with E-state index in [0.717, 1.165) is 27.6 Å². The molecule has 1 atom stereocenters. The van der Waals surface area contributed by atoms with Gasteiger partial charge in [0, 0.05) is 25.3 Å². The van der Waals surface area contributed by atoms with Gasteiger partial charge in [0.15, 0.2) is 4.80 Å². The molecule has 4 aromatic rings. The number of carbonyl (C=O) groups excluding carboxylic acids is 1. The summed E-state index contributed by atoms with van der Waals surface area (Å²) >= 11 is 1.31. The molecule has 3 aromatic carbocycles. The van der Waals surface area contributed by atoms with Crippen LogP contribution >= 0.6 is 23.7 Å². The van der Waals surface area contributed by atoms with E-state index in [-0.39, 0.29) is 24.6 Å². The van der Waals surface area contributed by atoms with E-state index in [1.807, 2.05) is 92.7 Å². The van der Waals surface area contributed by atoms with E-state index in [4.69, 9.17) is 14.5 Å². The van der Waals surface area contributed by atoms with Gasteiger partial charge in [-0.15, -0.1) is 12.4 Å². The summed E-state index contributed by atoms with van der Waals surface area (Å²) < 4.78 is 13.5. The van der Waals surface area contributed by atoms with E-state index < -0.39 is 12.0 Å². The normalized spacial score (nSPS) is 14.8. The molecular formula is C31H32ClN3O4S. The first-order valence-electron chi connectivity index (χ1n) is 13.0. The summed E-state index contributed by atoms with van der Waals surface area (Å²) in [5, 5.41) is 2.05. The number of carbonyl (C=O) groups is 1. The van der Waals surface area contributed by atoms with E-state index in [1.165, 1.54) is 11.3 Å². The van der Waals surface area contributed by atoms with Gasteiger partial charge < -0.3 is 14.4 Å². The number of ether oxygens (including phenoxy) is 2. The van der Waals surface area contributed by atoms with Crippen LogP contribution in [0.4, 0.5) is 5.69 Å². The zero-order chi connectivity index (χ0) is 27.7. The Labute approximate surface area is 243 Å². The molecule has 0 radical (unpaired) electrons. The first-order chi connectivity index (χ1) is 18.8. The van der Waals surface area contributed by atoms with Gasteiger partial charge in [-0.2, -0.15) is 0 Å². The number of thiazole rings is 1. The van der Waals surface area contributed by atoms with Crippen LogP contribution in [0.2, 0.25) is 0 Å². The number of aromatic nitrogens is 1. The lowest BCUT2D eigenvalue weighted by atomic mass is 9.95. The second-order valence-electron chi connectivity index (χ2n) is 9.42. The second-order valence-corrected chi connectivity index (χ2v) is 10.4. The topological polar surface area (TPSA) is 73.1 Å². The minimum Gasteiger partial charge on any atom is -0.493 e. The molecule has 208 valence electrons. The molecule has 0 aliphatic carbocycles. The molecule has 2 heterocycles. The maximum absolute atomic E-state index is 14.1. The minimum atomic E-state index is -0.655. The van der Waals surface area contributed by atoms with E-state index in [9.17, 15) is 9.59 Å². The number of anilines is 1. The van der Waals surface area contributed by atoms with Crippen molar-refractivity contribution in [1.29, 1.82) is 0 Å². The number of hydrogen-bond acceptors (Lipinski definition) is 7. The van der Waals surface area contributed by atoms with Gasteiger partial charge in [0.2, 0.25) is 0 Å². The molecule has 5 rings (SSSR count). The number of benzene rings is 3. The van der Waals surface area contributed by atoms with Crippen LogP contribution in [0.25, 0.3) is 16.8 Å². The van der Waals surface area contributed by atoms with Crippen LogP contribution in [0.3, 0.4) is 0 Å². The molecular weight excluding hydrogens is 546 g/mol. The van der Waals surface area contributed by atoms with Gasteiger partial charge >= 0.3 is 5.97 Å². The zero-order valence-electron chi connectivity index (χ0n) is 23.1. The molecule has 0 saturated heterocycles. The van der Waals surface area contributed by atoms with E-state index in [1.54, 1.807) is 18.4 Å². The molecule has 0 N–H and O–H groups in total. The summed E-state index contributed by atoms with van der Waals surface area (Å²) in [7, 11) is 3.94. The van der Waals surface area contributed by atoms with Crippen molar-refractivity contribution in [2.45, 2.75) is 26.8 Å². The highest BCUT2D eigenvalue weighted by Gasteiger charge is 2.33. The average Bonchev–Trinajstić information content (AvgIpc) is 3.23. The van der Waals surface area contributed by atoms with E-state index >= 15 is 0 Å². The van der Waals surface area contributed by atoms with Crippen LogP contribution in [0.5, 0.6) is 5.75 Å². The number of rotatable bonds is 7. The van der Waals surface area contributed by atoms with Gasteiger partial charge in [-0.1, -0.05) is 53.8 Å². The number of allylic oxidation sites excluding steroid dienone is 1. The van der Waals surface area contributed by atoms with Crippen LogP contribution in [-0.2, 0) is 9.53 Å². The van der Waals surface area contributed by atoms with Crippen molar-refractivity contribution in [3.63, 3.8) is 0 Å². The van der Waals surface area contributed by atoms with Gasteiger partial charge in [0.1, 0.15) is 5.75 Å². The fourth-order valence-corrected chi connectivity index (χ4v) is 5.93. The van der Waals surface area contributed by atoms with Gasteiger partial charge in [0.05, 0.1) is 35.1 Å². The lowest BCUT2D eigenvalue weighted by Crippen LogP contribution is -2.40. The Kier molecular flexibility index (Phi) is 8.81. The molecule has 9 heteroatoms. The lowest BCUT2D eigenvalue weighted by Gasteiger charge is -2.25. The van der Waals surface area contributed by atoms with Gasteiger partial charge in [-0.05, 0) is 61.4 Å². The molecule has 0 amide bonds. The summed E-state index contributed by atoms with van der Waals surface area (Å²) in [5.74, 6) is 0.239.